The van der Waals surface area contributed by atoms with Gasteiger partial charge in [-0.15, -0.1) is 0 Å². The van der Waals surface area contributed by atoms with Crippen LogP contribution in [-0.4, -0.2) is 45.4 Å². The van der Waals surface area contributed by atoms with Crippen molar-refractivity contribution in [1.29, 1.82) is 0 Å². The molecule has 2 aliphatic heterocycles. The molecule has 9 atom stereocenters. The highest BCUT2D eigenvalue weighted by Crippen LogP contribution is 2.79. The van der Waals surface area contributed by atoms with Crippen LogP contribution in [0.4, 0.5) is 0 Å². The van der Waals surface area contributed by atoms with Crippen molar-refractivity contribution in [3.05, 3.63) is 36.3 Å². The quantitative estimate of drug-likeness (QED) is 0.494. The van der Waals surface area contributed by atoms with E-state index in [1.807, 2.05) is 26.8 Å². The number of aliphatic hydroxyl groups excluding tert-OH is 1. The van der Waals surface area contributed by atoms with E-state index in [0.717, 1.165) is 5.56 Å². The number of allylic oxidation sites excluding steroid dienone is 1. The van der Waals surface area contributed by atoms with Gasteiger partial charge in [0.1, 0.15) is 11.7 Å². The summed E-state index contributed by atoms with van der Waals surface area (Å²) in [6, 6.07) is 1.80. The van der Waals surface area contributed by atoms with Crippen LogP contribution in [0.1, 0.15) is 65.5 Å². The standard InChI is InChI=1S/C26H32O7/c1-21(2)16(27)7-10-25(21)12-17(28)23(4)15(24(25,5)30)6-9-22(3)18(14-8-11-31-13-14)32-20(29)19-26(22,23)33-19/h7-8,10-11,13,15,17-19,28,30H,6,9,12H2,1-5H3/t15-,17+,18-,19+,22+,23+,24-,25+,26-/m1/s1. The number of esters is 1. The van der Waals surface area contributed by atoms with Crippen LogP contribution in [0.25, 0.3) is 0 Å². The van der Waals surface area contributed by atoms with E-state index in [1.54, 1.807) is 31.6 Å². The van der Waals surface area contributed by atoms with Crippen molar-refractivity contribution in [1.82, 2.24) is 0 Å². The number of hydrogen-bond donors (Lipinski definition) is 2. The van der Waals surface area contributed by atoms with Gasteiger partial charge in [-0.2, -0.15) is 0 Å². The number of rotatable bonds is 1. The number of carbonyl (C=O) groups is 2. The number of furan rings is 1. The molecule has 5 aliphatic rings. The van der Waals surface area contributed by atoms with Crippen molar-refractivity contribution in [2.24, 2.45) is 27.6 Å². The predicted octanol–water partition coefficient (Wildman–Crippen LogP) is 3.10. The Morgan fingerprint density at radius 2 is 1.82 bits per heavy atom. The molecule has 0 bridgehead atoms. The molecule has 0 amide bonds. The minimum absolute atomic E-state index is 0.0424. The summed E-state index contributed by atoms with van der Waals surface area (Å²) in [5.74, 6) is -0.874. The molecule has 2 saturated carbocycles. The zero-order valence-electron chi connectivity index (χ0n) is 19.8. The van der Waals surface area contributed by atoms with Gasteiger partial charge in [0.15, 0.2) is 11.9 Å². The third-order valence-corrected chi connectivity index (χ3v) is 10.9. The molecule has 3 heterocycles. The van der Waals surface area contributed by atoms with Crippen LogP contribution in [0.15, 0.2) is 35.2 Å². The SMILES string of the molecule is CC1(C)C(=O)C=C[C@]12C[C@H](O)[C@]1(C)[C@@H](CC[C@@]3(C)[C@@H](c4ccoc4)OC(=O)[C@@H]4O[C@@]413)[C@@]2(C)O. The van der Waals surface area contributed by atoms with Crippen LogP contribution < -0.4 is 0 Å². The highest BCUT2D eigenvalue weighted by atomic mass is 16.7. The number of carbonyl (C=O) groups excluding carboxylic acids is 2. The molecule has 3 aliphatic carbocycles. The van der Waals surface area contributed by atoms with E-state index in [2.05, 4.69) is 6.92 Å². The lowest BCUT2D eigenvalue weighted by molar-refractivity contribution is -0.288. The largest absolute Gasteiger partial charge is 0.472 e. The van der Waals surface area contributed by atoms with Crippen molar-refractivity contribution < 1.29 is 33.7 Å². The third-order valence-electron chi connectivity index (χ3n) is 10.9. The summed E-state index contributed by atoms with van der Waals surface area (Å²) in [6.07, 6.45) is 5.71. The molecule has 6 rings (SSSR count). The summed E-state index contributed by atoms with van der Waals surface area (Å²) in [6.45, 7) is 9.53. The van der Waals surface area contributed by atoms with Gasteiger partial charge in [-0.05, 0) is 44.2 Å². The Morgan fingerprint density at radius 3 is 2.42 bits per heavy atom. The van der Waals surface area contributed by atoms with Crippen LogP contribution in [0.3, 0.4) is 0 Å². The summed E-state index contributed by atoms with van der Waals surface area (Å²) in [5, 5.41) is 24.2. The fourth-order valence-electron chi connectivity index (χ4n) is 8.87. The molecule has 2 N–H and O–H groups in total. The fraction of sp³-hybridized carbons (Fsp3) is 0.692. The Morgan fingerprint density at radius 1 is 1.09 bits per heavy atom. The molecule has 178 valence electrons. The van der Waals surface area contributed by atoms with E-state index in [4.69, 9.17) is 13.9 Å². The Bertz CT molecular complexity index is 1090. The Labute approximate surface area is 193 Å². The molecule has 2 spiro atoms. The van der Waals surface area contributed by atoms with Gasteiger partial charge in [0.25, 0.3) is 0 Å². The third kappa shape index (κ3) is 1.99. The lowest BCUT2D eigenvalue weighted by Gasteiger charge is -2.69. The lowest BCUT2D eigenvalue weighted by atomic mass is 9.36. The zero-order valence-corrected chi connectivity index (χ0v) is 19.8. The Hall–Kier alpha value is -1.96. The van der Waals surface area contributed by atoms with E-state index >= 15 is 0 Å². The maximum atomic E-state index is 13.0. The number of fused-ring (bicyclic) bond motifs is 1. The van der Waals surface area contributed by atoms with Crippen LogP contribution in [0, 0.1) is 27.6 Å². The first-order chi connectivity index (χ1) is 15.3. The second kappa shape index (κ2) is 5.81. The van der Waals surface area contributed by atoms with E-state index < -0.39 is 63.1 Å². The molecule has 0 unspecified atom stereocenters. The average molecular weight is 457 g/mol. The number of aliphatic hydroxyl groups is 2. The second-order valence-electron chi connectivity index (χ2n) is 12.1. The Kier molecular flexibility index (Phi) is 3.80. The van der Waals surface area contributed by atoms with E-state index in [0.29, 0.717) is 12.8 Å². The molecular weight excluding hydrogens is 424 g/mol. The molecule has 4 fully saturated rings. The van der Waals surface area contributed by atoms with E-state index in [9.17, 15) is 19.8 Å². The normalized spacial score (nSPS) is 53.9. The van der Waals surface area contributed by atoms with Gasteiger partial charge in [-0.3, -0.25) is 4.79 Å². The molecule has 7 nitrogen and oxygen atoms in total. The molecule has 7 heteroatoms. The highest BCUT2D eigenvalue weighted by Gasteiger charge is 2.89. The summed E-state index contributed by atoms with van der Waals surface area (Å²) in [7, 11) is 0. The van der Waals surface area contributed by atoms with Crippen LogP contribution in [-0.2, 0) is 19.1 Å². The maximum Gasteiger partial charge on any atom is 0.339 e. The van der Waals surface area contributed by atoms with E-state index in [-0.39, 0.29) is 12.2 Å². The summed E-state index contributed by atoms with van der Waals surface area (Å²) in [5.41, 5.74) is -4.82. The second-order valence-corrected chi connectivity index (χ2v) is 12.1. The van der Waals surface area contributed by atoms with Gasteiger partial charge in [0, 0.05) is 27.2 Å². The molecule has 2 saturated heterocycles. The molecule has 1 aromatic rings. The van der Waals surface area contributed by atoms with Crippen molar-refractivity contribution in [2.45, 2.75) is 83.4 Å². The fourth-order valence-corrected chi connectivity index (χ4v) is 8.87. The first-order valence-corrected chi connectivity index (χ1v) is 11.9. The lowest BCUT2D eigenvalue weighted by Crippen LogP contribution is -2.76. The van der Waals surface area contributed by atoms with Crippen LogP contribution in [0.5, 0.6) is 0 Å². The number of ether oxygens (including phenoxy) is 2. The monoisotopic (exact) mass is 456 g/mol. The molecular formula is C26H32O7. The average Bonchev–Trinajstić information content (AvgIpc) is 3.22. The Balaban J connectivity index is 1.52. The first kappa shape index (κ1) is 21.6. The number of cyclic esters (lactones) is 1. The molecule has 0 aromatic carbocycles. The summed E-state index contributed by atoms with van der Waals surface area (Å²) in [4.78, 5) is 25.8. The van der Waals surface area contributed by atoms with Crippen LogP contribution in [0.2, 0.25) is 0 Å². The van der Waals surface area contributed by atoms with Gasteiger partial charge in [0.05, 0.1) is 24.2 Å². The highest BCUT2D eigenvalue weighted by molar-refractivity contribution is 5.98. The topological polar surface area (TPSA) is 110 Å². The molecule has 0 radical (unpaired) electrons. The van der Waals surface area contributed by atoms with Crippen LogP contribution >= 0.6 is 0 Å². The van der Waals surface area contributed by atoms with Gasteiger partial charge in [-0.1, -0.05) is 33.8 Å². The first-order valence-electron chi connectivity index (χ1n) is 11.9. The maximum absolute atomic E-state index is 13.0. The minimum Gasteiger partial charge on any atom is -0.472 e. The van der Waals surface area contributed by atoms with E-state index in [1.165, 1.54) is 0 Å². The van der Waals surface area contributed by atoms with Crippen molar-refractivity contribution in [3.63, 3.8) is 0 Å². The van der Waals surface area contributed by atoms with Crippen molar-refractivity contribution in [3.8, 4) is 0 Å². The van der Waals surface area contributed by atoms with Gasteiger partial charge < -0.3 is 24.1 Å². The van der Waals surface area contributed by atoms with Gasteiger partial charge in [-0.25, -0.2) is 4.79 Å². The summed E-state index contributed by atoms with van der Waals surface area (Å²) < 4.78 is 17.5. The zero-order chi connectivity index (χ0) is 23.8. The molecule has 1 aromatic heterocycles. The summed E-state index contributed by atoms with van der Waals surface area (Å²) >= 11 is 0. The smallest absolute Gasteiger partial charge is 0.339 e. The number of hydrogen-bond acceptors (Lipinski definition) is 7. The number of ketones is 1. The molecule has 33 heavy (non-hydrogen) atoms. The van der Waals surface area contributed by atoms with Crippen molar-refractivity contribution >= 4 is 11.8 Å². The van der Waals surface area contributed by atoms with Gasteiger partial charge in [0.2, 0.25) is 0 Å². The van der Waals surface area contributed by atoms with Gasteiger partial charge >= 0.3 is 5.97 Å². The predicted molar refractivity (Wildman–Crippen MR) is 116 cm³/mol. The number of epoxide rings is 1. The van der Waals surface area contributed by atoms with Crippen molar-refractivity contribution in [2.75, 3.05) is 0 Å². The minimum atomic E-state index is -1.30.